The van der Waals surface area contributed by atoms with Crippen molar-refractivity contribution in [1.29, 1.82) is 0 Å². The minimum atomic E-state index is -2.02. The van der Waals surface area contributed by atoms with Crippen LogP contribution in [-0.2, 0) is 50.3 Å². The Labute approximate surface area is 429 Å². The van der Waals surface area contributed by atoms with Crippen molar-refractivity contribution in [2.24, 2.45) is 17.8 Å². The third-order valence-electron chi connectivity index (χ3n) is 14.2. The molecule has 3 aliphatic rings. The SMILES string of the molecule is CC[C@H]1OC(=O)[C@H](C)C(=O)[C@H](C)[C@@H](O[C@@H]2O[C@H](CNC(=O)C(Cl)Cl)CC(N(C)C)C2O)[C@](C)(OC)C[C@@H](C)CN[C@H](C)[C@H]2N(CCCCn3cc(-c4cccc(N)c4)nn3)C(=O)O[C@]12n1ccc(N)nc1=O. The second-order valence-electron chi connectivity index (χ2n) is 19.7. The highest BCUT2D eigenvalue weighted by Crippen LogP contribution is 2.43. The number of aromatic nitrogens is 5. The number of nitrogens with one attached hydrogen (secondary N) is 2. The number of hydrogen-bond acceptors (Lipinski definition) is 18. The van der Waals surface area contributed by atoms with Gasteiger partial charge in [-0.1, -0.05) is 61.3 Å². The van der Waals surface area contributed by atoms with Crippen molar-refractivity contribution in [3.63, 3.8) is 0 Å². The minimum absolute atomic E-state index is 0.00196. The number of benzene rings is 1. The van der Waals surface area contributed by atoms with Crippen molar-refractivity contribution < 1.29 is 48.0 Å². The number of nitrogen functional groups attached to an aromatic ring is 2. The first-order valence-electron chi connectivity index (χ1n) is 24.4. The van der Waals surface area contributed by atoms with Gasteiger partial charge in [0.05, 0.1) is 24.0 Å². The number of aliphatic hydroxyl groups excluding tert-OH is 1. The molecule has 3 saturated heterocycles. The number of cyclic esters (lactones) is 1. The lowest BCUT2D eigenvalue weighted by molar-refractivity contribution is -0.296. The van der Waals surface area contributed by atoms with Crippen LogP contribution in [0.3, 0.4) is 0 Å². The number of ether oxygens (including phenoxy) is 5. The van der Waals surface area contributed by atoms with Crippen molar-refractivity contribution in [3.05, 3.63) is 53.2 Å². The van der Waals surface area contributed by atoms with Crippen molar-refractivity contribution in [2.45, 2.75) is 145 Å². The zero-order valence-corrected chi connectivity index (χ0v) is 43.9. The molecule has 2 aromatic heterocycles. The molecule has 22 nitrogen and oxygen atoms in total. The summed E-state index contributed by atoms with van der Waals surface area (Å²) in [6.07, 6.45) is -1.65. The number of likely N-dealkylation sites (N-methyl/N-ethyl adjacent to an activating group) is 1. The summed E-state index contributed by atoms with van der Waals surface area (Å²) < 4.78 is 35.0. The molecule has 3 aromatic rings. The van der Waals surface area contributed by atoms with Gasteiger partial charge in [0.15, 0.2) is 23.0 Å². The van der Waals surface area contributed by atoms with Crippen LogP contribution in [0.25, 0.3) is 11.3 Å². The van der Waals surface area contributed by atoms with Crippen molar-refractivity contribution >= 4 is 58.5 Å². The highest BCUT2D eigenvalue weighted by atomic mass is 35.5. The van der Waals surface area contributed by atoms with Gasteiger partial charge in [0.25, 0.3) is 11.6 Å². The fraction of sp³-hybridized carbons (Fsp3) is 0.667. The van der Waals surface area contributed by atoms with E-state index >= 15 is 0 Å². The Kier molecular flexibility index (Phi) is 18.7. The monoisotopic (exact) mass is 1050 g/mol. The van der Waals surface area contributed by atoms with Gasteiger partial charge >= 0.3 is 17.8 Å². The lowest BCUT2D eigenvalue weighted by atomic mass is 9.78. The molecule has 398 valence electrons. The Bertz CT molecular complexity index is 2430. The van der Waals surface area contributed by atoms with Gasteiger partial charge in [0.2, 0.25) is 0 Å². The van der Waals surface area contributed by atoms with Gasteiger partial charge < -0.3 is 55.8 Å². The first-order valence-corrected chi connectivity index (χ1v) is 25.3. The number of aryl methyl sites for hydroxylation is 1. The van der Waals surface area contributed by atoms with Crippen LogP contribution in [0.1, 0.15) is 73.6 Å². The van der Waals surface area contributed by atoms with Crippen molar-refractivity contribution in [1.82, 2.24) is 45.0 Å². The average molecular weight is 1050 g/mol. The Morgan fingerprint density at radius 3 is 2.47 bits per heavy atom. The molecular weight excluding hydrogens is 977 g/mol. The highest BCUT2D eigenvalue weighted by molar-refractivity contribution is 6.53. The van der Waals surface area contributed by atoms with E-state index in [4.69, 9.17) is 58.4 Å². The topological polar surface area (TPSA) is 283 Å². The highest BCUT2D eigenvalue weighted by Gasteiger charge is 2.63. The first-order chi connectivity index (χ1) is 34.0. The number of esters is 1. The van der Waals surface area contributed by atoms with Crippen LogP contribution in [0.4, 0.5) is 16.3 Å². The number of amides is 2. The fourth-order valence-corrected chi connectivity index (χ4v) is 10.5. The van der Waals surface area contributed by atoms with Crippen LogP contribution >= 0.6 is 23.2 Å². The van der Waals surface area contributed by atoms with Gasteiger partial charge in [-0.05, 0) is 97.6 Å². The maximum Gasteiger partial charge on any atom is 0.412 e. The van der Waals surface area contributed by atoms with Crippen molar-refractivity contribution in [3.8, 4) is 11.3 Å². The van der Waals surface area contributed by atoms with E-state index in [1.54, 1.807) is 45.6 Å². The van der Waals surface area contributed by atoms with E-state index in [-0.39, 0.29) is 37.7 Å². The zero-order chi connectivity index (χ0) is 52.8. The van der Waals surface area contributed by atoms with E-state index in [1.807, 2.05) is 43.1 Å². The molecule has 0 spiro atoms. The van der Waals surface area contributed by atoms with Crippen LogP contribution in [0.2, 0.25) is 0 Å². The zero-order valence-electron chi connectivity index (χ0n) is 42.4. The number of ketones is 1. The number of nitrogens with zero attached hydrogens (tertiary/aromatic N) is 7. The number of methoxy groups -OCH3 is 1. The van der Waals surface area contributed by atoms with Crippen LogP contribution in [0, 0.1) is 17.8 Å². The fourth-order valence-electron chi connectivity index (χ4n) is 10.4. The lowest BCUT2D eigenvalue weighted by Crippen LogP contribution is -2.65. The maximum absolute atomic E-state index is 14.8. The Balaban J connectivity index is 1.34. The summed E-state index contributed by atoms with van der Waals surface area (Å²) in [7, 11) is 5.08. The van der Waals surface area contributed by atoms with E-state index in [0.29, 0.717) is 43.7 Å². The van der Waals surface area contributed by atoms with E-state index in [2.05, 4.69) is 25.9 Å². The molecule has 7 N–H and O–H groups in total. The maximum atomic E-state index is 14.8. The molecular formula is C48H71Cl2N11O11. The van der Waals surface area contributed by atoms with Crippen LogP contribution in [-0.4, -0.2) is 163 Å². The Hall–Kier alpha value is -4.94. The number of Topliss-reactive ketones (excluding diaryl/α,β-unsaturated/α-hetero) is 1. The molecule has 0 saturated carbocycles. The molecule has 24 heteroatoms. The quantitative estimate of drug-likeness (QED) is 0.0481. The van der Waals surface area contributed by atoms with Gasteiger partial charge in [-0.25, -0.2) is 9.59 Å². The van der Waals surface area contributed by atoms with E-state index in [9.17, 15) is 29.1 Å². The lowest BCUT2D eigenvalue weighted by Gasteiger charge is -2.47. The van der Waals surface area contributed by atoms with Gasteiger partial charge in [-0.2, -0.15) is 4.98 Å². The van der Waals surface area contributed by atoms with E-state index in [0.717, 1.165) is 10.1 Å². The number of hydrogen-bond donors (Lipinski definition) is 5. The summed E-state index contributed by atoms with van der Waals surface area (Å²) in [5.41, 5.74) is 9.93. The number of carbonyl (C=O) groups excluding carboxylic acids is 4. The number of alkyl halides is 2. The minimum Gasteiger partial charge on any atom is -0.455 e. The second-order valence-corrected chi connectivity index (χ2v) is 20.8. The normalized spacial score (nSPS) is 31.9. The number of aliphatic hydroxyl groups is 1. The summed E-state index contributed by atoms with van der Waals surface area (Å²) in [6, 6.07) is 6.56. The standard InChI is InChI=1S/C48H71Cl2N11O11/c1-10-35-48(61-19-16-36(52)55-45(61)66)39(60(46(67)72-48)18-12-11-17-59-25-33(56-57-59)30-14-13-15-31(51)20-30)29(5)53-23-26(2)22-47(6,68-9)40(27(3)37(62)28(4)43(65)70-35)71-44-38(63)34(58(7)8)21-32(69-44)24-54-42(64)41(49)50/h13-16,19-20,25-29,32,34-35,38-41,44,53,63H,10-12,17-18,21-24,51H2,1-9H3,(H,54,64)(H2,52,55,66)/t26-,27+,28-,29-,32+,34?,35-,38?,39-,40-,44+,47-,48-/m1/s1. The second kappa shape index (κ2) is 23.9. The third kappa shape index (κ3) is 12.3. The molecule has 0 aliphatic carbocycles. The summed E-state index contributed by atoms with van der Waals surface area (Å²) in [5, 5.41) is 26.6. The molecule has 0 radical (unpaired) electrons. The van der Waals surface area contributed by atoms with E-state index < -0.39 is 106 Å². The smallest absolute Gasteiger partial charge is 0.412 e. The number of rotatable bonds is 15. The molecule has 13 atom stereocenters. The predicted molar refractivity (Wildman–Crippen MR) is 267 cm³/mol. The number of carbonyl (C=O) groups is 4. The van der Waals surface area contributed by atoms with Crippen LogP contribution in [0.15, 0.2) is 47.5 Å². The summed E-state index contributed by atoms with van der Waals surface area (Å²) >= 11 is 11.6. The molecule has 3 fully saturated rings. The summed E-state index contributed by atoms with van der Waals surface area (Å²) in [4.78, 5) is 76.3. The first kappa shape index (κ1) is 56.4. The number of unbranched alkanes of at least 4 members (excludes halogenated alkanes) is 1. The van der Waals surface area contributed by atoms with E-state index in [1.165, 1.54) is 31.2 Å². The number of anilines is 2. The predicted octanol–water partition coefficient (Wildman–Crippen LogP) is 2.92. The van der Waals surface area contributed by atoms with Gasteiger partial charge in [-0.3, -0.25) is 28.5 Å². The Morgan fingerprint density at radius 1 is 1.10 bits per heavy atom. The molecule has 0 bridgehead atoms. The molecule has 2 amide bonds. The molecule has 3 aliphatic heterocycles. The summed E-state index contributed by atoms with van der Waals surface area (Å²) in [6.45, 7) is 11.3. The average Bonchev–Trinajstić information content (AvgIpc) is 3.93. The molecule has 2 unspecified atom stereocenters. The number of fused-ring (bicyclic) bond motifs is 1. The van der Waals surface area contributed by atoms with Gasteiger partial charge in [0, 0.05) is 62.2 Å². The number of nitrogens with two attached hydrogens (primary N) is 2. The number of halogens is 2. The van der Waals surface area contributed by atoms with Crippen LogP contribution < -0.4 is 27.8 Å². The molecule has 72 heavy (non-hydrogen) atoms. The largest absolute Gasteiger partial charge is 0.455 e. The van der Waals surface area contributed by atoms with Crippen molar-refractivity contribution in [2.75, 3.05) is 52.3 Å². The summed E-state index contributed by atoms with van der Waals surface area (Å²) in [5.74, 6) is -4.99. The van der Waals surface area contributed by atoms with Gasteiger partial charge in [0.1, 0.15) is 29.6 Å². The van der Waals surface area contributed by atoms with Gasteiger partial charge in [-0.15, -0.1) is 5.10 Å². The molecule has 6 rings (SSSR count). The third-order valence-corrected chi connectivity index (χ3v) is 14.6. The molecule has 1 aromatic carbocycles. The Morgan fingerprint density at radius 2 is 1.82 bits per heavy atom. The van der Waals surface area contributed by atoms with Crippen LogP contribution in [0.5, 0.6) is 0 Å². The molecule has 5 heterocycles.